The first kappa shape index (κ1) is 28.6. The molecular weight excluding hydrogens is 533 g/mol. The number of morpholine rings is 1. The van der Waals surface area contributed by atoms with Gasteiger partial charge < -0.3 is 24.8 Å². The van der Waals surface area contributed by atoms with Crippen LogP contribution >= 0.6 is 24.0 Å². The molecule has 10 heteroatoms. The predicted octanol–water partition coefficient (Wildman–Crippen LogP) is 3.72. The fraction of sp³-hybridized carbons (Fsp3) is 0.682. The Morgan fingerprint density at radius 3 is 2.50 bits per heavy atom. The lowest BCUT2D eigenvalue weighted by Gasteiger charge is -2.35. The van der Waals surface area contributed by atoms with Gasteiger partial charge in [-0.25, -0.2) is 0 Å². The molecule has 1 fully saturated rings. The number of alkyl halides is 2. The van der Waals surface area contributed by atoms with Crippen molar-refractivity contribution in [2.24, 2.45) is 10.9 Å². The van der Waals surface area contributed by atoms with Crippen molar-refractivity contribution in [2.75, 3.05) is 46.5 Å². The van der Waals surface area contributed by atoms with Crippen LogP contribution in [-0.4, -0.2) is 70.0 Å². The lowest BCUT2D eigenvalue weighted by Crippen LogP contribution is -2.50. The molecule has 1 aliphatic heterocycles. The number of nitrogens with zero attached hydrogens (tertiary/aromatic N) is 2. The number of rotatable bonds is 11. The van der Waals surface area contributed by atoms with Crippen LogP contribution in [0.15, 0.2) is 23.2 Å². The quantitative estimate of drug-likeness (QED) is 0.240. The van der Waals surface area contributed by atoms with E-state index in [0.29, 0.717) is 36.8 Å². The molecule has 1 aromatic carbocycles. The third-order valence-electron chi connectivity index (χ3n) is 5.02. The predicted molar refractivity (Wildman–Crippen MR) is 133 cm³/mol. The van der Waals surface area contributed by atoms with E-state index in [-0.39, 0.29) is 29.7 Å². The van der Waals surface area contributed by atoms with Crippen LogP contribution < -0.4 is 20.1 Å². The van der Waals surface area contributed by atoms with Crippen LogP contribution in [0.25, 0.3) is 0 Å². The first-order valence-electron chi connectivity index (χ1n) is 10.9. The summed E-state index contributed by atoms with van der Waals surface area (Å²) in [5.41, 5.74) is 0.875. The van der Waals surface area contributed by atoms with Crippen LogP contribution in [0.3, 0.4) is 0 Å². The van der Waals surface area contributed by atoms with Gasteiger partial charge in [-0.2, -0.15) is 8.78 Å². The van der Waals surface area contributed by atoms with Crippen molar-refractivity contribution in [1.29, 1.82) is 0 Å². The maximum absolute atomic E-state index is 12.6. The molecule has 7 nitrogen and oxygen atoms in total. The summed E-state index contributed by atoms with van der Waals surface area (Å²) >= 11 is 0. The van der Waals surface area contributed by atoms with E-state index < -0.39 is 6.61 Å². The highest BCUT2D eigenvalue weighted by Gasteiger charge is 2.22. The van der Waals surface area contributed by atoms with E-state index in [4.69, 9.17) is 9.47 Å². The van der Waals surface area contributed by atoms with Gasteiger partial charge in [0.05, 0.1) is 19.8 Å². The highest BCUT2D eigenvalue weighted by Crippen LogP contribution is 2.29. The number of halogens is 3. The molecule has 2 rings (SSSR count). The maximum Gasteiger partial charge on any atom is 0.387 e. The number of guanidine groups is 1. The van der Waals surface area contributed by atoms with Gasteiger partial charge in [-0.05, 0) is 37.0 Å². The lowest BCUT2D eigenvalue weighted by molar-refractivity contribution is -0.0514. The van der Waals surface area contributed by atoms with Crippen molar-refractivity contribution in [3.05, 3.63) is 23.8 Å². The zero-order chi connectivity index (χ0) is 22.6. The van der Waals surface area contributed by atoms with Crippen LogP contribution in [0, 0.1) is 5.92 Å². The van der Waals surface area contributed by atoms with Crippen LogP contribution in [0.2, 0.25) is 0 Å². The van der Waals surface area contributed by atoms with Gasteiger partial charge in [-0.15, -0.1) is 24.0 Å². The van der Waals surface area contributed by atoms with Crippen molar-refractivity contribution in [3.63, 3.8) is 0 Å². The van der Waals surface area contributed by atoms with Gasteiger partial charge in [0.15, 0.2) is 17.5 Å². The highest BCUT2D eigenvalue weighted by molar-refractivity contribution is 14.0. The molecule has 1 atom stereocenters. The summed E-state index contributed by atoms with van der Waals surface area (Å²) < 4.78 is 40.6. The number of ether oxygens (including phenoxy) is 3. The largest absolute Gasteiger partial charge is 0.490 e. The molecule has 0 aliphatic carbocycles. The molecule has 2 N–H and O–H groups in total. The number of aliphatic imine (C=N–C) groups is 1. The second-order valence-electron chi connectivity index (χ2n) is 7.83. The molecule has 0 amide bonds. The topological polar surface area (TPSA) is 67.4 Å². The van der Waals surface area contributed by atoms with Crippen LogP contribution in [-0.2, 0) is 11.3 Å². The maximum atomic E-state index is 12.6. The van der Waals surface area contributed by atoms with Gasteiger partial charge >= 0.3 is 6.61 Å². The van der Waals surface area contributed by atoms with Crippen molar-refractivity contribution < 1.29 is 23.0 Å². The summed E-state index contributed by atoms with van der Waals surface area (Å²) in [5.74, 6) is 1.61. The minimum atomic E-state index is -2.89. The SMILES string of the molecule is CCOc1cc(CNC(=NC)NCC(CC(C)C)N2CCOCC2)ccc1OC(F)F.I. The number of hydrogen-bond donors (Lipinski definition) is 2. The molecule has 0 aromatic heterocycles. The van der Waals surface area contributed by atoms with Gasteiger partial charge in [-0.3, -0.25) is 9.89 Å². The van der Waals surface area contributed by atoms with E-state index in [1.165, 1.54) is 6.07 Å². The summed E-state index contributed by atoms with van der Waals surface area (Å²) in [5, 5.41) is 6.70. The summed E-state index contributed by atoms with van der Waals surface area (Å²) in [6.45, 7) is 8.42. The van der Waals surface area contributed by atoms with E-state index in [0.717, 1.165) is 44.8 Å². The Kier molecular flexibility index (Phi) is 13.8. The summed E-state index contributed by atoms with van der Waals surface area (Å²) in [7, 11) is 1.73. The standard InChI is InChI=1S/C22H36F2N4O3.HI/c1-5-30-20-13-17(6-7-19(20)31-21(23)24)14-26-22(25-4)27-15-18(12-16(2)3)28-8-10-29-11-9-28;/h6-7,13,16,18,21H,5,8-12,14-15H2,1-4H3,(H2,25,26,27);1H. The van der Waals surface area contributed by atoms with E-state index in [2.05, 4.69) is 39.1 Å². The molecule has 0 saturated carbocycles. The number of hydrogen-bond acceptors (Lipinski definition) is 5. The van der Waals surface area contributed by atoms with E-state index in [1.54, 1.807) is 26.1 Å². The molecule has 0 radical (unpaired) electrons. The highest BCUT2D eigenvalue weighted by atomic mass is 127. The Hall–Kier alpha value is -1.40. The van der Waals surface area contributed by atoms with Crippen LogP contribution in [0.1, 0.15) is 32.8 Å². The van der Waals surface area contributed by atoms with E-state index in [1.807, 2.05) is 0 Å². The van der Waals surface area contributed by atoms with Crippen molar-refractivity contribution in [2.45, 2.75) is 46.4 Å². The van der Waals surface area contributed by atoms with E-state index in [9.17, 15) is 8.78 Å². The Morgan fingerprint density at radius 1 is 1.19 bits per heavy atom. The first-order valence-corrected chi connectivity index (χ1v) is 10.9. The smallest absolute Gasteiger partial charge is 0.387 e. The van der Waals surface area contributed by atoms with Gasteiger partial charge in [-0.1, -0.05) is 19.9 Å². The average Bonchev–Trinajstić information content (AvgIpc) is 2.74. The summed E-state index contributed by atoms with van der Waals surface area (Å²) in [6.07, 6.45) is 1.09. The Labute approximate surface area is 207 Å². The lowest BCUT2D eigenvalue weighted by atomic mass is 10.0. The zero-order valence-corrected chi connectivity index (χ0v) is 21.7. The van der Waals surface area contributed by atoms with Gasteiger partial charge in [0.1, 0.15) is 0 Å². The Bertz CT molecular complexity index is 689. The Morgan fingerprint density at radius 2 is 1.91 bits per heavy atom. The molecule has 1 aromatic rings. The average molecular weight is 570 g/mol. The number of nitrogens with one attached hydrogen (secondary N) is 2. The Balaban J connectivity index is 0.00000512. The monoisotopic (exact) mass is 570 g/mol. The minimum Gasteiger partial charge on any atom is -0.490 e. The molecule has 0 spiro atoms. The minimum absolute atomic E-state index is 0. The van der Waals surface area contributed by atoms with Gasteiger partial charge in [0.2, 0.25) is 0 Å². The molecule has 1 unspecified atom stereocenters. The molecule has 1 heterocycles. The summed E-state index contributed by atoms with van der Waals surface area (Å²) in [6, 6.07) is 5.34. The molecule has 32 heavy (non-hydrogen) atoms. The second kappa shape index (κ2) is 15.4. The number of benzene rings is 1. The van der Waals surface area contributed by atoms with Crippen molar-refractivity contribution in [1.82, 2.24) is 15.5 Å². The fourth-order valence-electron chi connectivity index (χ4n) is 3.59. The zero-order valence-electron chi connectivity index (χ0n) is 19.4. The molecular formula is C22H37F2IN4O3. The second-order valence-corrected chi connectivity index (χ2v) is 7.83. The fourth-order valence-corrected chi connectivity index (χ4v) is 3.59. The molecule has 0 bridgehead atoms. The molecule has 1 aliphatic rings. The van der Waals surface area contributed by atoms with Gasteiger partial charge in [0, 0.05) is 39.3 Å². The summed E-state index contributed by atoms with van der Waals surface area (Å²) in [4.78, 5) is 6.78. The van der Waals surface area contributed by atoms with Crippen LogP contribution in [0.4, 0.5) is 8.78 Å². The normalized spacial score (nSPS) is 15.9. The van der Waals surface area contributed by atoms with Crippen LogP contribution in [0.5, 0.6) is 11.5 Å². The molecule has 184 valence electrons. The van der Waals surface area contributed by atoms with Crippen molar-refractivity contribution in [3.8, 4) is 11.5 Å². The van der Waals surface area contributed by atoms with Crippen molar-refractivity contribution >= 4 is 29.9 Å². The molecule has 1 saturated heterocycles. The third-order valence-corrected chi connectivity index (χ3v) is 5.02. The van der Waals surface area contributed by atoms with E-state index >= 15 is 0 Å². The third kappa shape index (κ3) is 10.0. The van der Waals surface area contributed by atoms with Gasteiger partial charge in [0.25, 0.3) is 0 Å². The first-order chi connectivity index (χ1) is 14.9.